The van der Waals surface area contributed by atoms with Gasteiger partial charge in [-0.05, 0) is 13.0 Å². The summed E-state index contributed by atoms with van der Waals surface area (Å²) < 4.78 is 4.86. The minimum atomic E-state index is -0.478. The number of methoxy groups -OCH3 is 1. The predicted octanol–water partition coefficient (Wildman–Crippen LogP) is -0.719. The number of urea groups is 1. The Hall–Kier alpha value is -0.810. The largest absolute Gasteiger partial charge is 0.385 e. The zero-order valence-electron chi connectivity index (χ0n) is 7.43. The van der Waals surface area contributed by atoms with Crippen LogP contribution >= 0.6 is 0 Å². The fourth-order valence-corrected chi connectivity index (χ4v) is 0.741. The summed E-state index contributed by atoms with van der Waals surface area (Å²) >= 11 is 0. The molecule has 0 unspecified atom stereocenters. The molecule has 0 aliphatic carbocycles. The molecule has 0 atom stereocenters. The van der Waals surface area contributed by atoms with Gasteiger partial charge in [-0.15, -0.1) is 0 Å². The molecule has 5 nitrogen and oxygen atoms in total. The molecule has 2 amide bonds. The van der Waals surface area contributed by atoms with Gasteiger partial charge in [0, 0.05) is 26.8 Å². The minimum absolute atomic E-state index is 0.478. The van der Waals surface area contributed by atoms with E-state index < -0.39 is 6.03 Å². The van der Waals surface area contributed by atoms with Gasteiger partial charge >= 0.3 is 6.03 Å². The molecule has 0 heterocycles. The van der Waals surface area contributed by atoms with Crippen LogP contribution in [0.5, 0.6) is 0 Å². The van der Waals surface area contributed by atoms with Crippen molar-refractivity contribution in [1.82, 2.24) is 10.6 Å². The molecule has 0 saturated carbocycles. The molecule has 0 fully saturated rings. The van der Waals surface area contributed by atoms with Crippen LogP contribution in [0.2, 0.25) is 0 Å². The molecule has 0 aliphatic rings. The average Bonchev–Trinajstić information content (AvgIpc) is 2.02. The number of carbonyl (C=O) groups excluding carboxylic acids is 1. The lowest BCUT2D eigenvalue weighted by molar-refractivity contribution is 0.194. The van der Waals surface area contributed by atoms with Crippen molar-refractivity contribution in [2.45, 2.75) is 6.42 Å². The lowest BCUT2D eigenvalue weighted by Crippen LogP contribution is -2.35. The van der Waals surface area contributed by atoms with Crippen LogP contribution in [0.15, 0.2) is 0 Å². The number of primary amides is 1. The molecule has 0 aliphatic heterocycles. The van der Waals surface area contributed by atoms with Crippen molar-refractivity contribution in [1.29, 1.82) is 0 Å². The van der Waals surface area contributed by atoms with E-state index in [4.69, 9.17) is 10.5 Å². The number of hydrogen-bond acceptors (Lipinski definition) is 3. The van der Waals surface area contributed by atoms with Gasteiger partial charge in [-0.25, -0.2) is 4.79 Å². The van der Waals surface area contributed by atoms with Crippen molar-refractivity contribution in [2.24, 2.45) is 5.73 Å². The van der Waals surface area contributed by atoms with E-state index >= 15 is 0 Å². The van der Waals surface area contributed by atoms with E-state index in [1.165, 1.54) is 0 Å². The van der Waals surface area contributed by atoms with E-state index in [0.29, 0.717) is 6.54 Å². The molecule has 0 rings (SSSR count). The Kier molecular flexibility index (Phi) is 7.73. The normalized spacial score (nSPS) is 9.75. The van der Waals surface area contributed by atoms with Crippen LogP contribution in [0.4, 0.5) is 4.79 Å². The zero-order chi connectivity index (χ0) is 9.23. The molecule has 5 heteroatoms. The Morgan fingerprint density at radius 1 is 1.42 bits per heavy atom. The van der Waals surface area contributed by atoms with E-state index in [0.717, 1.165) is 26.1 Å². The molecule has 0 spiro atoms. The lowest BCUT2D eigenvalue weighted by Gasteiger charge is -2.03. The first-order valence-corrected chi connectivity index (χ1v) is 4.00. The van der Waals surface area contributed by atoms with Crippen LogP contribution in [-0.4, -0.2) is 39.4 Å². The van der Waals surface area contributed by atoms with Gasteiger partial charge in [0.25, 0.3) is 0 Å². The molecule has 0 radical (unpaired) electrons. The third kappa shape index (κ3) is 9.19. The van der Waals surface area contributed by atoms with Crippen molar-refractivity contribution >= 4 is 6.03 Å². The van der Waals surface area contributed by atoms with Crippen LogP contribution in [0, 0.1) is 0 Å². The summed E-state index contributed by atoms with van der Waals surface area (Å²) in [6.45, 7) is 2.97. The standard InChI is InChI=1S/C7H17N3O2/c1-12-6-2-3-9-4-5-10-7(8)11/h9H,2-6H2,1H3,(H3,8,10,11). The number of nitrogens with one attached hydrogen (secondary N) is 2. The van der Waals surface area contributed by atoms with E-state index in [1.54, 1.807) is 7.11 Å². The van der Waals surface area contributed by atoms with Crippen LogP contribution in [0.1, 0.15) is 6.42 Å². The van der Waals surface area contributed by atoms with Crippen molar-refractivity contribution in [3.05, 3.63) is 0 Å². The zero-order valence-corrected chi connectivity index (χ0v) is 7.43. The monoisotopic (exact) mass is 175 g/mol. The topological polar surface area (TPSA) is 76.4 Å². The predicted molar refractivity (Wildman–Crippen MR) is 46.9 cm³/mol. The average molecular weight is 175 g/mol. The first kappa shape index (κ1) is 11.2. The SMILES string of the molecule is COCCCNCCNC(N)=O. The van der Waals surface area contributed by atoms with Gasteiger partial charge < -0.3 is 21.1 Å². The van der Waals surface area contributed by atoms with E-state index in [1.807, 2.05) is 0 Å². The molecule has 72 valence electrons. The first-order valence-electron chi connectivity index (χ1n) is 4.00. The highest BCUT2D eigenvalue weighted by atomic mass is 16.5. The highest BCUT2D eigenvalue weighted by Gasteiger charge is 1.90. The molecule has 0 aromatic heterocycles. The molecule has 4 N–H and O–H groups in total. The molecule has 0 aromatic carbocycles. The second-order valence-electron chi connectivity index (χ2n) is 2.39. The summed E-state index contributed by atoms with van der Waals surface area (Å²) in [5.74, 6) is 0. The third-order valence-corrected chi connectivity index (χ3v) is 1.30. The van der Waals surface area contributed by atoms with Crippen LogP contribution in [-0.2, 0) is 4.74 Å². The summed E-state index contributed by atoms with van der Waals surface area (Å²) in [5.41, 5.74) is 4.86. The number of rotatable bonds is 7. The van der Waals surface area contributed by atoms with Crippen LogP contribution in [0.3, 0.4) is 0 Å². The molecular weight excluding hydrogens is 158 g/mol. The smallest absolute Gasteiger partial charge is 0.312 e. The highest BCUT2D eigenvalue weighted by Crippen LogP contribution is 1.75. The Morgan fingerprint density at radius 3 is 2.75 bits per heavy atom. The lowest BCUT2D eigenvalue weighted by atomic mass is 10.4. The maximum Gasteiger partial charge on any atom is 0.312 e. The summed E-state index contributed by atoms with van der Waals surface area (Å²) in [6, 6.07) is -0.478. The van der Waals surface area contributed by atoms with Crippen LogP contribution in [0.25, 0.3) is 0 Å². The van der Waals surface area contributed by atoms with Crippen LogP contribution < -0.4 is 16.4 Å². The summed E-state index contributed by atoms with van der Waals surface area (Å²) in [5, 5.41) is 5.61. The fourth-order valence-electron chi connectivity index (χ4n) is 0.741. The van der Waals surface area contributed by atoms with Gasteiger partial charge in [-0.1, -0.05) is 0 Å². The summed E-state index contributed by atoms with van der Waals surface area (Å²) in [7, 11) is 1.68. The second kappa shape index (κ2) is 8.29. The van der Waals surface area contributed by atoms with E-state index in [-0.39, 0.29) is 0 Å². The van der Waals surface area contributed by atoms with Crippen molar-refractivity contribution < 1.29 is 9.53 Å². The number of ether oxygens (including phenoxy) is 1. The quantitative estimate of drug-likeness (QED) is 0.447. The first-order chi connectivity index (χ1) is 5.77. The molecule has 0 saturated heterocycles. The molecule has 12 heavy (non-hydrogen) atoms. The summed E-state index contributed by atoms with van der Waals surface area (Å²) in [4.78, 5) is 10.2. The van der Waals surface area contributed by atoms with Gasteiger partial charge in [-0.3, -0.25) is 0 Å². The Bertz CT molecular complexity index is 119. The molecule has 0 aromatic rings. The molecular formula is C7H17N3O2. The molecule has 0 bridgehead atoms. The third-order valence-electron chi connectivity index (χ3n) is 1.30. The Labute approximate surface area is 72.6 Å². The Balaban J connectivity index is 2.86. The summed E-state index contributed by atoms with van der Waals surface area (Å²) in [6.07, 6.45) is 0.979. The number of nitrogens with two attached hydrogens (primary N) is 1. The number of amides is 2. The van der Waals surface area contributed by atoms with E-state index in [2.05, 4.69) is 10.6 Å². The van der Waals surface area contributed by atoms with Gasteiger partial charge in [0.15, 0.2) is 0 Å². The van der Waals surface area contributed by atoms with Gasteiger partial charge in [0.05, 0.1) is 0 Å². The van der Waals surface area contributed by atoms with Gasteiger partial charge in [0.2, 0.25) is 0 Å². The van der Waals surface area contributed by atoms with Crippen molar-refractivity contribution in [2.75, 3.05) is 33.4 Å². The second-order valence-corrected chi connectivity index (χ2v) is 2.39. The van der Waals surface area contributed by atoms with Gasteiger partial charge in [0.1, 0.15) is 0 Å². The fraction of sp³-hybridized carbons (Fsp3) is 0.857. The van der Waals surface area contributed by atoms with Gasteiger partial charge in [-0.2, -0.15) is 0 Å². The highest BCUT2D eigenvalue weighted by molar-refractivity contribution is 5.71. The maximum absolute atomic E-state index is 10.2. The Morgan fingerprint density at radius 2 is 2.17 bits per heavy atom. The van der Waals surface area contributed by atoms with E-state index in [9.17, 15) is 4.79 Å². The minimum Gasteiger partial charge on any atom is -0.385 e. The van der Waals surface area contributed by atoms with Crippen molar-refractivity contribution in [3.63, 3.8) is 0 Å². The maximum atomic E-state index is 10.2. The number of carbonyl (C=O) groups is 1. The number of hydrogen-bond donors (Lipinski definition) is 3. The van der Waals surface area contributed by atoms with Crippen molar-refractivity contribution in [3.8, 4) is 0 Å².